The van der Waals surface area contributed by atoms with E-state index in [2.05, 4.69) is 75.7 Å². The summed E-state index contributed by atoms with van der Waals surface area (Å²) in [6, 6.07) is 16.5. The molecule has 0 saturated carbocycles. The number of aromatic nitrogens is 2. The van der Waals surface area contributed by atoms with Crippen molar-refractivity contribution in [2.45, 2.75) is 26.8 Å². The summed E-state index contributed by atoms with van der Waals surface area (Å²) < 4.78 is 0. The Hall–Kier alpha value is -3.91. The molecule has 2 aliphatic heterocycles. The average molecular weight is 498 g/mol. The van der Waals surface area contributed by atoms with Gasteiger partial charge in [-0.1, -0.05) is 18.2 Å². The maximum Gasteiger partial charge on any atom is 0.248 e. The number of rotatable bonds is 7. The van der Waals surface area contributed by atoms with Crippen LogP contribution >= 0.6 is 0 Å². The van der Waals surface area contributed by atoms with Gasteiger partial charge in [-0.25, -0.2) is 4.98 Å². The van der Waals surface area contributed by atoms with E-state index in [4.69, 9.17) is 9.97 Å². The Kier molecular flexibility index (Phi) is 7.37. The Morgan fingerprint density at radius 2 is 1.65 bits per heavy atom. The number of benzene rings is 2. The van der Waals surface area contributed by atoms with E-state index >= 15 is 0 Å². The zero-order valence-corrected chi connectivity index (χ0v) is 21.9. The molecule has 1 aromatic heterocycles. The van der Waals surface area contributed by atoms with E-state index in [1.165, 1.54) is 22.9 Å². The van der Waals surface area contributed by atoms with Crippen LogP contribution in [-0.2, 0) is 17.8 Å². The lowest BCUT2D eigenvalue weighted by Gasteiger charge is -2.34. The van der Waals surface area contributed by atoms with E-state index in [0.717, 1.165) is 68.6 Å². The van der Waals surface area contributed by atoms with E-state index < -0.39 is 0 Å². The fourth-order valence-electron chi connectivity index (χ4n) is 4.90. The molecule has 0 bridgehead atoms. The Morgan fingerprint density at radius 1 is 0.946 bits per heavy atom. The summed E-state index contributed by atoms with van der Waals surface area (Å²) in [4.78, 5) is 28.5. The van der Waals surface area contributed by atoms with Gasteiger partial charge in [-0.3, -0.25) is 4.79 Å². The highest BCUT2D eigenvalue weighted by Crippen LogP contribution is 2.31. The van der Waals surface area contributed by atoms with Gasteiger partial charge in [-0.05, 0) is 75.4 Å². The number of hydrogen-bond donors (Lipinski definition) is 2. The van der Waals surface area contributed by atoms with Crippen LogP contribution in [0.25, 0.3) is 0 Å². The van der Waals surface area contributed by atoms with E-state index in [0.29, 0.717) is 5.95 Å². The highest BCUT2D eigenvalue weighted by molar-refractivity contribution is 5.99. The minimum atomic E-state index is -0.120. The van der Waals surface area contributed by atoms with Crippen LogP contribution in [0.15, 0.2) is 60.7 Å². The van der Waals surface area contributed by atoms with E-state index in [9.17, 15) is 4.79 Å². The maximum atomic E-state index is 11.8. The number of nitrogens with zero attached hydrogens (tertiary/aromatic N) is 5. The molecule has 8 nitrogen and oxygen atoms in total. The van der Waals surface area contributed by atoms with Gasteiger partial charge in [-0.15, -0.1) is 0 Å². The molecule has 37 heavy (non-hydrogen) atoms. The van der Waals surface area contributed by atoms with Gasteiger partial charge < -0.3 is 25.3 Å². The van der Waals surface area contributed by atoms with Gasteiger partial charge in [0.2, 0.25) is 11.9 Å². The molecular weight excluding hydrogens is 462 g/mol. The van der Waals surface area contributed by atoms with Crippen LogP contribution in [0.1, 0.15) is 23.7 Å². The summed E-state index contributed by atoms with van der Waals surface area (Å²) in [5, 5.41) is 6.28. The summed E-state index contributed by atoms with van der Waals surface area (Å²) >= 11 is 0. The van der Waals surface area contributed by atoms with Crippen LogP contribution in [0.5, 0.6) is 0 Å². The number of piperazine rings is 1. The molecule has 0 spiro atoms. The fourth-order valence-corrected chi connectivity index (χ4v) is 4.90. The fraction of sp³-hybridized carbons (Fsp3) is 0.345. The molecule has 0 aliphatic carbocycles. The number of fused-ring (bicyclic) bond motifs is 1. The Bertz CT molecular complexity index is 1260. The maximum absolute atomic E-state index is 11.8. The van der Waals surface area contributed by atoms with Gasteiger partial charge in [0.1, 0.15) is 5.82 Å². The van der Waals surface area contributed by atoms with Crippen molar-refractivity contribution in [2.75, 3.05) is 60.2 Å². The van der Waals surface area contributed by atoms with Gasteiger partial charge in [0.25, 0.3) is 0 Å². The Morgan fingerprint density at radius 3 is 2.35 bits per heavy atom. The lowest BCUT2D eigenvalue weighted by atomic mass is 10.2. The number of carbonyl (C=O) groups is 1. The van der Waals surface area contributed by atoms with Crippen molar-refractivity contribution in [3.05, 3.63) is 77.5 Å². The highest BCUT2D eigenvalue weighted by atomic mass is 16.1. The van der Waals surface area contributed by atoms with Crippen molar-refractivity contribution in [3.8, 4) is 0 Å². The first-order valence-electron chi connectivity index (χ1n) is 12.9. The van der Waals surface area contributed by atoms with E-state index in [1.807, 2.05) is 19.1 Å². The molecule has 3 heterocycles. The molecule has 0 radical (unpaired) electrons. The van der Waals surface area contributed by atoms with Gasteiger partial charge >= 0.3 is 0 Å². The molecule has 1 saturated heterocycles. The summed E-state index contributed by atoms with van der Waals surface area (Å²) in [6.45, 7) is 9.85. The van der Waals surface area contributed by atoms with Crippen molar-refractivity contribution < 1.29 is 4.79 Å². The third-order valence-corrected chi connectivity index (χ3v) is 7.03. The van der Waals surface area contributed by atoms with Gasteiger partial charge in [0, 0.05) is 67.6 Å². The van der Waals surface area contributed by atoms with E-state index in [1.54, 1.807) is 6.08 Å². The molecule has 192 valence electrons. The second-order valence-corrected chi connectivity index (χ2v) is 9.75. The molecule has 0 unspecified atom stereocenters. The van der Waals surface area contributed by atoms with Crippen molar-refractivity contribution in [1.82, 2.24) is 14.9 Å². The molecule has 1 fully saturated rings. The van der Waals surface area contributed by atoms with Gasteiger partial charge in [0.05, 0.1) is 0 Å². The minimum Gasteiger partial charge on any atom is -0.369 e. The normalized spacial score (nSPS) is 15.8. The quantitative estimate of drug-likeness (QED) is 0.470. The number of aryl methyl sites for hydroxylation is 1. The lowest BCUT2D eigenvalue weighted by molar-refractivity contribution is -0.111. The topological polar surface area (TPSA) is 76.6 Å². The predicted octanol–water partition coefficient (Wildman–Crippen LogP) is 4.36. The molecule has 5 rings (SSSR count). The van der Waals surface area contributed by atoms with Crippen LogP contribution in [0, 0.1) is 6.92 Å². The molecule has 3 aromatic rings. The van der Waals surface area contributed by atoms with Crippen molar-refractivity contribution in [1.29, 1.82) is 0 Å². The van der Waals surface area contributed by atoms with Crippen molar-refractivity contribution in [3.63, 3.8) is 0 Å². The first-order valence-corrected chi connectivity index (χ1v) is 12.9. The molecule has 8 heteroatoms. The van der Waals surface area contributed by atoms with Crippen LogP contribution in [0.2, 0.25) is 0 Å². The largest absolute Gasteiger partial charge is 0.369 e. The Labute approximate surface area is 219 Å². The Balaban J connectivity index is 1.25. The number of anilines is 5. The van der Waals surface area contributed by atoms with Crippen LogP contribution in [-0.4, -0.2) is 60.5 Å². The average Bonchev–Trinajstić information content (AvgIpc) is 3.29. The summed E-state index contributed by atoms with van der Waals surface area (Å²) in [7, 11) is 2.17. The zero-order chi connectivity index (χ0) is 25.8. The smallest absolute Gasteiger partial charge is 0.248 e. The van der Waals surface area contributed by atoms with Crippen LogP contribution in [0.4, 0.5) is 28.8 Å². The van der Waals surface area contributed by atoms with Gasteiger partial charge in [0.15, 0.2) is 0 Å². The molecule has 1 amide bonds. The molecule has 2 aliphatic rings. The first kappa shape index (κ1) is 24.8. The second kappa shape index (κ2) is 11.0. The van der Waals surface area contributed by atoms with Gasteiger partial charge in [-0.2, -0.15) is 4.98 Å². The third-order valence-electron chi connectivity index (χ3n) is 7.03. The van der Waals surface area contributed by atoms with Crippen molar-refractivity contribution in [2.24, 2.45) is 0 Å². The number of likely N-dealkylation sites (N-methyl/N-ethyl adjacent to an activating group) is 1. The molecule has 0 atom stereocenters. The standard InChI is InChI=1S/C29H35N7O/c1-4-5-27(37)31-23-8-6-22(7-9-23)20-36-15-14-26-21(2)30-29(33-28(26)36)32-24-10-12-25(13-11-24)35-18-16-34(3)17-19-35/h4-13H,14-20H2,1-3H3,(H,31,37)(H,30,32,33)/b5-4+. The van der Waals surface area contributed by atoms with Crippen molar-refractivity contribution >= 4 is 34.7 Å². The lowest BCUT2D eigenvalue weighted by Crippen LogP contribution is -2.44. The molecule has 2 N–H and O–H groups in total. The summed E-state index contributed by atoms with van der Waals surface area (Å²) in [5.41, 5.74) is 6.43. The van der Waals surface area contributed by atoms with Crippen LogP contribution < -0.4 is 20.4 Å². The third kappa shape index (κ3) is 5.91. The second-order valence-electron chi connectivity index (χ2n) is 9.75. The predicted molar refractivity (Wildman–Crippen MR) is 151 cm³/mol. The van der Waals surface area contributed by atoms with Crippen LogP contribution in [0.3, 0.4) is 0 Å². The highest BCUT2D eigenvalue weighted by Gasteiger charge is 2.24. The monoisotopic (exact) mass is 497 g/mol. The summed E-state index contributed by atoms with van der Waals surface area (Å²) in [6.07, 6.45) is 4.19. The van der Waals surface area contributed by atoms with E-state index in [-0.39, 0.29) is 5.91 Å². The summed E-state index contributed by atoms with van der Waals surface area (Å²) in [5.74, 6) is 1.50. The molecular formula is C29H35N7O. The number of hydrogen-bond acceptors (Lipinski definition) is 7. The zero-order valence-electron chi connectivity index (χ0n) is 21.9. The first-order chi connectivity index (χ1) is 18.0. The minimum absolute atomic E-state index is 0.120. The number of allylic oxidation sites excluding steroid dienone is 1. The molecule has 2 aromatic carbocycles. The number of amides is 1. The SMILES string of the molecule is C/C=C/C(=O)Nc1ccc(CN2CCc3c(C)nc(Nc4ccc(N5CCN(C)CC5)cc4)nc32)cc1. The number of nitrogens with one attached hydrogen (secondary N) is 2. The number of carbonyl (C=O) groups excluding carboxylic acids is 1.